The van der Waals surface area contributed by atoms with Crippen LogP contribution in [0.3, 0.4) is 0 Å². The monoisotopic (exact) mass is 920 g/mol. The van der Waals surface area contributed by atoms with E-state index in [-0.39, 0.29) is 35.4 Å². The normalized spacial score (nSPS) is 10.8. The number of halogens is 7. The number of nitrogens with one attached hydrogen (secondary N) is 3. The summed E-state index contributed by atoms with van der Waals surface area (Å²) < 4.78 is 79.7. The fourth-order valence-corrected chi connectivity index (χ4v) is 6.27. The van der Waals surface area contributed by atoms with E-state index in [9.17, 15) is 26.3 Å². The van der Waals surface area contributed by atoms with Gasteiger partial charge in [0.2, 0.25) is 5.69 Å². The number of anilines is 3. The molecule has 8 aromatic rings. The highest BCUT2D eigenvalue weighted by Gasteiger charge is 2.35. The van der Waals surface area contributed by atoms with Gasteiger partial charge in [-0.25, -0.2) is 29.8 Å². The lowest BCUT2D eigenvalue weighted by molar-refractivity contribution is -0.137. The SMILES string of the molecule is C.FC(F)(F)c1ccccc1-c1nc(Cl)c2ccccc2n1.N#Cc1ccc(NCCNc2nc(-c3ccccc3C(F)(F)F)nc3ccccc23)nc1.[C-]#[N+]c1ccc(NCCN)nc1. The van der Waals surface area contributed by atoms with Crippen molar-refractivity contribution >= 4 is 56.5 Å². The van der Waals surface area contributed by atoms with E-state index in [0.29, 0.717) is 70.9 Å². The Kier molecular flexibility index (Phi) is 16.8. The highest BCUT2D eigenvalue weighted by atomic mass is 35.5. The van der Waals surface area contributed by atoms with E-state index in [1.165, 1.54) is 48.8 Å². The predicted molar refractivity (Wildman–Crippen MR) is 246 cm³/mol. The van der Waals surface area contributed by atoms with Gasteiger partial charge < -0.3 is 21.7 Å². The summed E-state index contributed by atoms with van der Waals surface area (Å²) in [5, 5.41) is 19.6. The van der Waals surface area contributed by atoms with Gasteiger partial charge in [0, 0.05) is 60.5 Å². The zero-order chi connectivity index (χ0) is 46.4. The average Bonchev–Trinajstić information content (AvgIpc) is 3.32. The molecule has 0 aliphatic heterocycles. The fraction of sp³-hybridized carbons (Fsp3) is 0.149. The van der Waals surface area contributed by atoms with Crippen LogP contribution in [-0.2, 0) is 12.4 Å². The molecule has 0 aliphatic carbocycles. The van der Waals surface area contributed by atoms with Crippen LogP contribution in [-0.4, -0.2) is 56.1 Å². The number of hydrogen-bond donors (Lipinski definition) is 4. The summed E-state index contributed by atoms with van der Waals surface area (Å²) in [6, 6.07) is 33.3. The maximum atomic E-state index is 13.5. The van der Waals surface area contributed by atoms with E-state index in [2.05, 4.69) is 50.7 Å². The lowest BCUT2D eigenvalue weighted by Gasteiger charge is -2.14. The molecule has 66 heavy (non-hydrogen) atoms. The zero-order valence-corrected chi connectivity index (χ0v) is 34.6. The second-order valence-electron chi connectivity index (χ2n) is 13.5. The Bertz CT molecular complexity index is 2950. The third kappa shape index (κ3) is 12.8. The Morgan fingerprint density at radius 3 is 1.64 bits per heavy atom. The van der Waals surface area contributed by atoms with Gasteiger partial charge in [-0.15, -0.1) is 0 Å². The van der Waals surface area contributed by atoms with Crippen molar-refractivity contribution < 1.29 is 26.3 Å². The summed E-state index contributed by atoms with van der Waals surface area (Å²) in [6.07, 6.45) is -5.99. The highest BCUT2D eigenvalue weighted by molar-refractivity contribution is 6.34. The Labute approximate surface area is 380 Å². The summed E-state index contributed by atoms with van der Waals surface area (Å²) in [7, 11) is 0. The van der Waals surface area contributed by atoms with Gasteiger partial charge in [0.1, 0.15) is 28.7 Å². The molecule has 0 atom stereocenters. The van der Waals surface area contributed by atoms with Crippen LogP contribution in [0.1, 0.15) is 24.1 Å². The average molecular weight is 921 g/mol. The number of nitrogens with two attached hydrogens (primary N) is 1. The largest absolute Gasteiger partial charge is 0.417 e. The number of aromatic nitrogens is 6. The number of alkyl halides is 6. The van der Waals surface area contributed by atoms with Crippen LogP contribution in [0.15, 0.2) is 134 Å². The van der Waals surface area contributed by atoms with Crippen LogP contribution in [0.5, 0.6) is 0 Å². The molecule has 0 fully saturated rings. The number of fused-ring (bicyclic) bond motifs is 2. The molecule has 0 amide bonds. The number of para-hydroxylation sites is 2. The Balaban J connectivity index is 0.000000206. The number of nitriles is 1. The first-order valence-electron chi connectivity index (χ1n) is 19.4. The molecule has 0 saturated carbocycles. The zero-order valence-electron chi connectivity index (χ0n) is 33.8. The van der Waals surface area contributed by atoms with Crippen LogP contribution >= 0.6 is 11.6 Å². The van der Waals surface area contributed by atoms with Gasteiger partial charge in [-0.05, 0) is 54.6 Å². The van der Waals surface area contributed by atoms with Gasteiger partial charge in [-0.2, -0.15) is 31.6 Å². The van der Waals surface area contributed by atoms with E-state index < -0.39 is 23.5 Å². The first kappa shape index (κ1) is 49.1. The van der Waals surface area contributed by atoms with Crippen molar-refractivity contribution in [2.75, 3.05) is 42.1 Å². The Morgan fingerprint density at radius 1 is 0.606 bits per heavy atom. The fourth-order valence-electron chi connectivity index (χ4n) is 6.03. The second kappa shape index (κ2) is 22.6. The smallest absolute Gasteiger partial charge is 0.369 e. The highest BCUT2D eigenvalue weighted by Crippen LogP contribution is 2.38. The third-order valence-electron chi connectivity index (χ3n) is 9.05. The van der Waals surface area contributed by atoms with Crippen LogP contribution in [0.4, 0.5) is 49.5 Å². The lowest BCUT2D eigenvalue weighted by atomic mass is 10.1. The number of nitrogens with zero attached hydrogens (tertiary/aromatic N) is 8. The van der Waals surface area contributed by atoms with Crippen LogP contribution in [0.25, 0.3) is 49.4 Å². The molecule has 0 saturated heterocycles. The Morgan fingerprint density at radius 2 is 1.11 bits per heavy atom. The number of pyridine rings is 2. The molecule has 4 aromatic heterocycles. The van der Waals surface area contributed by atoms with Gasteiger partial charge in [-0.1, -0.05) is 85.8 Å². The van der Waals surface area contributed by atoms with Gasteiger partial charge in [0.05, 0.1) is 34.3 Å². The topological polar surface area (TPSA) is 168 Å². The third-order valence-corrected chi connectivity index (χ3v) is 9.34. The van der Waals surface area contributed by atoms with Gasteiger partial charge in [-0.3, -0.25) is 4.98 Å². The summed E-state index contributed by atoms with van der Waals surface area (Å²) >= 11 is 6.05. The molecule has 0 bridgehead atoms. The molecule has 19 heteroatoms. The van der Waals surface area contributed by atoms with Crippen molar-refractivity contribution in [1.29, 1.82) is 5.26 Å². The summed E-state index contributed by atoms with van der Waals surface area (Å²) in [4.78, 5) is 28.3. The minimum absolute atomic E-state index is 0. The second-order valence-corrected chi connectivity index (χ2v) is 13.8. The van der Waals surface area contributed by atoms with Crippen molar-refractivity contribution in [2.45, 2.75) is 19.8 Å². The van der Waals surface area contributed by atoms with Gasteiger partial charge in [0.25, 0.3) is 0 Å². The molecule has 0 unspecified atom stereocenters. The lowest BCUT2D eigenvalue weighted by Crippen LogP contribution is -2.16. The summed E-state index contributed by atoms with van der Waals surface area (Å²) in [5.74, 6) is 1.77. The van der Waals surface area contributed by atoms with Crippen LogP contribution < -0.4 is 21.7 Å². The van der Waals surface area contributed by atoms with E-state index in [0.717, 1.165) is 18.0 Å². The van der Waals surface area contributed by atoms with E-state index >= 15 is 0 Å². The van der Waals surface area contributed by atoms with Crippen molar-refractivity contribution in [3.63, 3.8) is 0 Å². The molecule has 12 nitrogen and oxygen atoms in total. The molecule has 0 spiro atoms. The quantitative estimate of drug-likeness (QED) is 0.0446. The van der Waals surface area contributed by atoms with Gasteiger partial charge >= 0.3 is 12.4 Å². The number of rotatable bonds is 10. The molecular weight excluding hydrogens is 882 g/mol. The van der Waals surface area contributed by atoms with E-state index in [1.54, 1.807) is 60.7 Å². The summed E-state index contributed by atoms with van der Waals surface area (Å²) in [5.41, 5.74) is 5.63. The minimum Gasteiger partial charge on any atom is -0.369 e. The maximum Gasteiger partial charge on any atom is 0.417 e. The standard InChI is InChI=1S/C23H17F3N6.C15H8ClF3N2.C8H10N4.CH4/c24-23(25,26)18-7-3-1-5-16(18)22-31-19-8-4-2-6-17(19)21(32-22)29-12-11-28-20-10-9-15(13-27)14-30-20;16-13-10-6-2-4-8-12(10)20-14(21-13)9-5-1-3-7-11(9)15(17,18)19;1-10-7-2-3-8(12-6-7)11-5-4-9;/h1-10,14H,11-12H2,(H,28,30)(H,29,31,32);1-8H;2-3,6H,4-5,9H2,(H,11,12);1H4. The van der Waals surface area contributed by atoms with Crippen molar-refractivity contribution in [1.82, 2.24) is 29.9 Å². The van der Waals surface area contributed by atoms with E-state index in [1.807, 2.05) is 18.2 Å². The molecular formula is C47H39ClF6N12. The van der Waals surface area contributed by atoms with E-state index in [4.69, 9.17) is 29.2 Å². The number of benzene rings is 4. The van der Waals surface area contributed by atoms with Crippen LogP contribution in [0.2, 0.25) is 5.15 Å². The first-order valence-corrected chi connectivity index (χ1v) is 19.8. The molecule has 336 valence electrons. The molecule has 0 aliphatic rings. The summed E-state index contributed by atoms with van der Waals surface area (Å²) in [6.45, 7) is 8.88. The van der Waals surface area contributed by atoms with Crippen LogP contribution in [0, 0.1) is 17.9 Å². The molecule has 8 rings (SSSR count). The minimum atomic E-state index is -4.52. The van der Waals surface area contributed by atoms with Gasteiger partial charge in [0.15, 0.2) is 11.6 Å². The van der Waals surface area contributed by atoms with Crippen molar-refractivity contribution in [3.05, 3.63) is 167 Å². The predicted octanol–water partition coefficient (Wildman–Crippen LogP) is 11.7. The van der Waals surface area contributed by atoms with Crippen molar-refractivity contribution in [3.8, 4) is 28.8 Å². The maximum absolute atomic E-state index is 13.5. The Hall–Kier alpha value is -7.93. The first-order chi connectivity index (χ1) is 31.3. The molecule has 0 radical (unpaired) electrons. The molecule has 4 heterocycles. The van der Waals surface area contributed by atoms with Crippen molar-refractivity contribution in [2.24, 2.45) is 5.73 Å². The molecule has 4 aromatic carbocycles. The number of hydrogen-bond acceptors (Lipinski definition) is 11. The molecule has 5 N–H and O–H groups in total.